The molecule has 21 heavy (non-hydrogen) atoms. The SMILES string of the molecule is C[C@@H]1CC[C@H](SN2CCCCC3C2CCC[C@@H]3C)C[C@@H]1C. The smallest absolute Gasteiger partial charge is 0.0233 e. The van der Waals surface area contributed by atoms with Crippen LogP contribution >= 0.6 is 11.9 Å². The van der Waals surface area contributed by atoms with E-state index in [0.717, 1.165) is 35.0 Å². The summed E-state index contributed by atoms with van der Waals surface area (Å²) < 4.78 is 2.88. The summed E-state index contributed by atoms with van der Waals surface area (Å²) in [6, 6.07) is 0.899. The Morgan fingerprint density at radius 3 is 2.43 bits per heavy atom. The van der Waals surface area contributed by atoms with Gasteiger partial charge in [0.15, 0.2) is 0 Å². The minimum absolute atomic E-state index is 0.899. The van der Waals surface area contributed by atoms with E-state index in [2.05, 4.69) is 37.0 Å². The van der Waals surface area contributed by atoms with Gasteiger partial charge in [-0.3, -0.25) is 0 Å². The van der Waals surface area contributed by atoms with Gasteiger partial charge in [0.1, 0.15) is 0 Å². The van der Waals surface area contributed by atoms with Crippen LogP contribution < -0.4 is 0 Å². The van der Waals surface area contributed by atoms with Gasteiger partial charge in [0.25, 0.3) is 0 Å². The molecule has 0 aromatic heterocycles. The van der Waals surface area contributed by atoms with Crippen LogP contribution in [0, 0.1) is 23.7 Å². The average Bonchev–Trinajstić information content (AvgIpc) is 2.67. The van der Waals surface area contributed by atoms with Crippen molar-refractivity contribution < 1.29 is 0 Å². The van der Waals surface area contributed by atoms with E-state index in [0.29, 0.717) is 0 Å². The number of hydrogen-bond acceptors (Lipinski definition) is 2. The van der Waals surface area contributed by atoms with E-state index in [1.54, 1.807) is 0 Å². The van der Waals surface area contributed by atoms with Crippen molar-refractivity contribution in [2.75, 3.05) is 6.54 Å². The molecular formula is C19H35NS. The Hall–Kier alpha value is 0.310. The highest BCUT2D eigenvalue weighted by atomic mass is 32.2. The molecule has 0 N–H and O–H groups in total. The van der Waals surface area contributed by atoms with E-state index in [9.17, 15) is 0 Å². The molecule has 0 aromatic carbocycles. The number of hydrogen-bond donors (Lipinski definition) is 0. The molecule has 2 aliphatic carbocycles. The van der Waals surface area contributed by atoms with Crippen LogP contribution in [0.5, 0.6) is 0 Å². The van der Waals surface area contributed by atoms with Crippen LogP contribution in [0.3, 0.4) is 0 Å². The zero-order chi connectivity index (χ0) is 14.8. The van der Waals surface area contributed by atoms with Crippen LogP contribution in [0.4, 0.5) is 0 Å². The topological polar surface area (TPSA) is 3.24 Å². The van der Waals surface area contributed by atoms with Gasteiger partial charge in [0.05, 0.1) is 0 Å². The summed E-state index contributed by atoms with van der Waals surface area (Å²) in [7, 11) is 0. The van der Waals surface area contributed by atoms with E-state index in [1.807, 2.05) is 0 Å². The molecule has 0 radical (unpaired) electrons. The molecule has 3 fully saturated rings. The van der Waals surface area contributed by atoms with Crippen molar-refractivity contribution in [3.63, 3.8) is 0 Å². The third-order valence-electron chi connectivity index (χ3n) is 6.75. The monoisotopic (exact) mass is 309 g/mol. The van der Waals surface area contributed by atoms with Gasteiger partial charge in [-0.25, -0.2) is 4.31 Å². The molecule has 2 heteroatoms. The van der Waals surface area contributed by atoms with E-state index in [-0.39, 0.29) is 0 Å². The van der Waals surface area contributed by atoms with Crippen molar-refractivity contribution >= 4 is 11.9 Å². The minimum atomic E-state index is 0.899. The van der Waals surface area contributed by atoms with Gasteiger partial charge in [-0.1, -0.05) is 52.0 Å². The van der Waals surface area contributed by atoms with Gasteiger partial charge in [-0.05, 0) is 62.2 Å². The van der Waals surface area contributed by atoms with Crippen molar-refractivity contribution in [3.8, 4) is 0 Å². The van der Waals surface area contributed by atoms with Crippen LogP contribution in [0.1, 0.15) is 78.6 Å². The molecular weight excluding hydrogens is 274 g/mol. The lowest BCUT2D eigenvalue weighted by atomic mass is 9.75. The van der Waals surface area contributed by atoms with Gasteiger partial charge in [0, 0.05) is 17.8 Å². The van der Waals surface area contributed by atoms with Gasteiger partial charge >= 0.3 is 0 Å². The molecule has 2 saturated carbocycles. The summed E-state index contributed by atoms with van der Waals surface area (Å²) in [6.45, 7) is 8.82. The second-order valence-electron chi connectivity index (χ2n) is 8.27. The van der Waals surface area contributed by atoms with Gasteiger partial charge < -0.3 is 0 Å². The fourth-order valence-corrected chi connectivity index (χ4v) is 6.69. The Morgan fingerprint density at radius 2 is 1.62 bits per heavy atom. The molecule has 2 unspecified atom stereocenters. The number of rotatable bonds is 2. The predicted octanol–water partition coefficient (Wildman–Crippen LogP) is 5.75. The molecule has 0 amide bonds. The molecule has 1 heterocycles. The van der Waals surface area contributed by atoms with Gasteiger partial charge in [-0.2, -0.15) is 0 Å². The minimum Gasteiger partial charge on any atom is -0.247 e. The summed E-state index contributed by atoms with van der Waals surface area (Å²) in [6.07, 6.45) is 13.2. The lowest BCUT2D eigenvalue weighted by Gasteiger charge is -2.43. The Labute approximate surface area is 136 Å². The third kappa shape index (κ3) is 3.80. The third-order valence-corrected chi connectivity index (χ3v) is 8.21. The maximum absolute atomic E-state index is 2.88. The molecule has 6 atom stereocenters. The molecule has 3 rings (SSSR count). The van der Waals surface area contributed by atoms with E-state index >= 15 is 0 Å². The van der Waals surface area contributed by atoms with Crippen molar-refractivity contribution in [2.24, 2.45) is 23.7 Å². The molecule has 1 aliphatic heterocycles. The lowest BCUT2D eigenvalue weighted by molar-refractivity contribution is 0.144. The molecule has 122 valence electrons. The quantitative estimate of drug-likeness (QED) is 0.597. The van der Waals surface area contributed by atoms with Crippen molar-refractivity contribution in [1.82, 2.24) is 4.31 Å². The highest BCUT2D eigenvalue weighted by molar-refractivity contribution is 7.97. The largest absolute Gasteiger partial charge is 0.247 e. The Balaban J connectivity index is 1.62. The molecule has 0 aromatic rings. The Morgan fingerprint density at radius 1 is 0.762 bits per heavy atom. The van der Waals surface area contributed by atoms with Crippen LogP contribution in [-0.2, 0) is 0 Å². The fourth-order valence-electron chi connectivity index (χ4n) is 5.02. The van der Waals surface area contributed by atoms with Gasteiger partial charge in [-0.15, -0.1) is 0 Å². The lowest BCUT2D eigenvalue weighted by Crippen LogP contribution is -2.42. The molecule has 1 saturated heterocycles. The first kappa shape index (κ1) is 16.2. The van der Waals surface area contributed by atoms with E-state index in [4.69, 9.17) is 0 Å². The van der Waals surface area contributed by atoms with E-state index < -0.39 is 0 Å². The van der Waals surface area contributed by atoms with E-state index in [1.165, 1.54) is 64.3 Å². The van der Waals surface area contributed by atoms with Crippen molar-refractivity contribution in [3.05, 3.63) is 0 Å². The molecule has 1 nitrogen and oxygen atoms in total. The van der Waals surface area contributed by atoms with Crippen molar-refractivity contribution in [1.29, 1.82) is 0 Å². The molecule has 3 aliphatic rings. The number of fused-ring (bicyclic) bond motifs is 1. The maximum atomic E-state index is 2.88. The second-order valence-corrected chi connectivity index (χ2v) is 9.62. The summed E-state index contributed by atoms with van der Waals surface area (Å²) in [4.78, 5) is 0. The Bertz CT molecular complexity index is 332. The molecule has 0 bridgehead atoms. The van der Waals surface area contributed by atoms with Crippen molar-refractivity contribution in [2.45, 2.75) is 89.9 Å². The molecule has 0 spiro atoms. The first-order valence-corrected chi connectivity index (χ1v) is 10.4. The highest BCUT2D eigenvalue weighted by Gasteiger charge is 2.37. The maximum Gasteiger partial charge on any atom is 0.0233 e. The van der Waals surface area contributed by atoms with Crippen LogP contribution in [0.2, 0.25) is 0 Å². The fraction of sp³-hybridized carbons (Fsp3) is 1.00. The Kier molecular flexibility index (Phi) is 5.59. The summed E-state index contributed by atoms with van der Waals surface area (Å²) >= 11 is 2.28. The highest BCUT2D eigenvalue weighted by Crippen LogP contribution is 2.44. The van der Waals surface area contributed by atoms with Crippen LogP contribution in [-0.4, -0.2) is 22.1 Å². The first-order chi connectivity index (χ1) is 10.1. The zero-order valence-corrected chi connectivity index (χ0v) is 15.2. The standard InChI is InChI=1S/C19H35NS/c1-14-10-11-17(13-16(14)3)21-20-12-5-4-8-18-15(2)7-6-9-19(18)20/h14-19H,4-13H2,1-3H3/t14-,15+,16+,17+,18?,19?/m1/s1. The summed E-state index contributed by atoms with van der Waals surface area (Å²) in [5.41, 5.74) is 0. The first-order valence-electron chi connectivity index (χ1n) is 9.58. The van der Waals surface area contributed by atoms with Crippen LogP contribution in [0.15, 0.2) is 0 Å². The summed E-state index contributed by atoms with van der Waals surface area (Å²) in [5, 5.41) is 0.909. The van der Waals surface area contributed by atoms with Crippen LogP contribution in [0.25, 0.3) is 0 Å². The van der Waals surface area contributed by atoms with Gasteiger partial charge in [0.2, 0.25) is 0 Å². The average molecular weight is 310 g/mol. The zero-order valence-electron chi connectivity index (χ0n) is 14.4. The summed E-state index contributed by atoms with van der Waals surface area (Å²) in [5.74, 6) is 3.85. The second kappa shape index (κ2) is 7.25. The number of nitrogens with zero attached hydrogens (tertiary/aromatic N) is 1. The predicted molar refractivity (Wildman–Crippen MR) is 94.4 cm³/mol. The normalized spacial score (nSPS) is 45.9.